The number of carbonyl (C=O) groups excluding carboxylic acids is 2. The molecule has 3 rings (SSSR count). The summed E-state index contributed by atoms with van der Waals surface area (Å²) in [6.07, 6.45) is -2.74. The maximum atomic E-state index is 12.9. The smallest absolute Gasteiger partial charge is 0.355 e. The van der Waals surface area contributed by atoms with Gasteiger partial charge < -0.3 is 10.6 Å². The minimum Gasteiger partial charge on any atom is -0.355 e. The molecule has 4 nitrogen and oxygen atoms in total. The van der Waals surface area contributed by atoms with Crippen molar-refractivity contribution in [1.82, 2.24) is 5.32 Å². The number of alkyl halides is 3. The van der Waals surface area contributed by atoms with Crippen LogP contribution < -0.4 is 10.6 Å². The largest absolute Gasteiger partial charge is 0.416 e. The second-order valence-corrected chi connectivity index (χ2v) is 7.04. The van der Waals surface area contributed by atoms with Crippen molar-refractivity contribution in [3.05, 3.63) is 65.2 Å². The van der Waals surface area contributed by atoms with Gasteiger partial charge in [-0.1, -0.05) is 30.3 Å². The van der Waals surface area contributed by atoms with Crippen LogP contribution in [0.4, 0.5) is 18.9 Å². The van der Waals surface area contributed by atoms with Crippen LogP contribution in [0.5, 0.6) is 0 Å². The third kappa shape index (κ3) is 4.52. The molecule has 1 saturated carbocycles. The van der Waals surface area contributed by atoms with Gasteiger partial charge in [-0.05, 0) is 48.6 Å². The maximum Gasteiger partial charge on any atom is 0.416 e. The lowest BCUT2D eigenvalue weighted by molar-refractivity contribution is -0.137. The predicted octanol–water partition coefficient (Wildman–Crippen LogP) is 4.05. The molecule has 2 aromatic rings. The van der Waals surface area contributed by atoms with Crippen LogP contribution in [0.15, 0.2) is 48.5 Å². The molecule has 0 saturated heterocycles. The molecule has 0 bridgehead atoms. The van der Waals surface area contributed by atoms with E-state index in [1.807, 2.05) is 12.1 Å². The molecule has 1 fully saturated rings. The molecule has 0 heterocycles. The first-order valence-electron chi connectivity index (χ1n) is 9.03. The topological polar surface area (TPSA) is 58.2 Å². The number of hydrogen-bond acceptors (Lipinski definition) is 2. The molecular weight excluding hydrogens is 369 g/mol. The summed E-state index contributed by atoms with van der Waals surface area (Å²) >= 11 is 0. The summed E-state index contributed by atoms with van der Waals surface area (Å²) in [5.74, 6) is -0.383. The van der Waals surface area contributed by atoms with Crippen LogP contribution in [0.1, 0.15) is 36.5 Å². The van der Waals surface area contributed by atoms with Gasteiger partial charge in [0.05, 0.1) is 11.0 Å². The molecule has 0 spiro atoms. The summed E-state index contributed by atoms with van der Waals surface area (Å²) in [4.78, 5) is 23.6. The molecule has 7 heteroatoms. The minimum absolute atomic E-state index is 0.149. The molecule has 1 aliphatic rings. The molecule has 0 aromatic heterocycles. The van der Waals surface area contributed by atoms with Crippen LogP contribution in [-0.2, 0) is 27.6 Å². The Morgan fingerprint density at radius 3 is 2.32 bits per heavy atom. The molecule has 0 radical (unpaired) electrons. The Morgan fingerprint density at radius 1 is 1.07 bits per heavy atom. The number of amides is 2. The molecule has 0 unspecified atom stereocenters. The normalized spacial score (nSPS) is 15.0. The van der Waals surface area contributed by atoms with E-state index in [0.29, 0.717) is 37.1 Å². The molecule has 2 amide bonds. The fourth-order valence-electron chi connectivity index (χ4n) is 3.21. The summed E-state index contributed by atoms with van der Waals surface area (Å²) in [6, 6.07) is 12.3. The Kier molecular flexibility index (Phi) is 5.45. The zero-order valence-electron chi connectivity index (χ0n) is 15.4. The maximum absolute atomic E-state index is 12.9. The van der Waals surface area contributed by atoms with Crippen molar-refractivity contribution in [2.75, 3.05) is 11.9 Å². The van der Waals surface area contributed by atoms with Crippen molar-refractivity contribution in [2.45, 2.75) is 37.8 Å². The number of benzene rings is 2. The second kappa shape index (κ2) is 7.66. The Morgan fingerprint density at radius 2 is 1.75 bits per heavy atom. The van der Waals surface area contributed by atoms with Crippen LogP contribution in [-0.4, -0.2) is 18.4 Å². The monoisotopic (exact) mass is 390 g/mol. The van der Waals surface area contributed by atoms with E-state index < -0.39 is 17.2 Å². The first-order valence-corrected chi connectivity index (χ1v) is 9.03. The Balaban J connectivity index is 1.58. The fourth-order valence-corrected chi connectivity index (χ4v) is 3.21. The van der Waals surface area contributed by atoms with Crippen molar-refractivity contribution < 1.29 is 22.8 Å². The van der Waals surface area contributed by atoms with E-state index >= 15 is 0 Å². The molecular formula is C21H21F3N2O2. The van der Waals surface area contributed by atoms with Gasteiger partial charge in [0.15, 0.2) is 0 Å². The third-order valence-electron chi connectivity index (χ3n) is 4.90. The van der Waals surface area contributed by atoms with E-state index in [0.717, 1.165) is 17.7 Å². The molecule has 0 aliphatic heterocycles. The van der Waals surface area contributed by atoms with E-state index in [9.17, 15) is 22.8 Å². The highest BCUT2D eigenvalue weighted by atomic mass is 19.4. The molecule has 1 aliphatic carbocycles. The highest BCUT2D eigenvalue weighted by Crippen LogP contribution is 2.49. The lowest BCUT2D eigenvalue weighted by Gasteiger charge is -2.17. The molecule has 28 heavy (non-hydrogen) atoms. The number of rotatable bonds is 6. The van der Waals surface area contributed by atoms with E-state index in [4.69, 9.17) is 0 Å². The SMILES string of the molecule is CC(=O)Nc1ccc(CCNC(=O)C2(c3cccc(C(F)(F)F)c3)CC2)cc1. The number of hydrogen-bond donors (Lipinski definition) is 2. The number of nitrogens with one attached hydrogen (secondary N) is 2. The van der Waals surface area contributed by atoms with Gasteiger partial charge in [-0.15, -0.1) is 0 Å². The van der Waals surface area contributed by atoms with Gasteiger partial charge in [0.25, 0.3) is 0 Å². The number of carbonyl (C=O) groups is 2. The number of anilines is 1. The summed E-state index contributed by atoms with van der Waals surface area (Å²) in [7, 11) is 0. The van der Waals surface area contributed by atoms with Gasteiger partial charge in [-0.2, -0.15) is 13.2 Å². The van der Waals surface area contributed by atoms with Crippen LogP contribution in [0, 0.1) is 0 Å². The van der Waals surface area contributed by atoms with Crippen molar-refractivity contribution in [1.29, 1.82) is 0 Å². The summed E-state index contributed by atoms with van der Waals surface area (Å²) in [5.41, 5.74) is 0.513. The summed E-state index contributed by atoms with van der Waals surface area (Å²) < 4.78 is 38.8. The second-order valence-electron chi connectivity index (χ2n) is 7.04. The highest BCUT2D eigenvalue weighted by molar-refractivity contribution is 5.91. The van der Waals surface area contributed by atoms with E-state index in [1.54, 1.807) is 18.2 Å². The van der Waals surface area contributed by atoms with Crippen LogP contribution >= 0.6 is 0 Å². The number of halogens is 3. The van der Waals surface area contributed by atoms with Gasteiger partial charge in [0, 0.05) is 19.2 Å². The first kappa shape index (κ1) is 19.9. The Labute approximate surface area is 161 Å². The average molecular weight is 390 g/mol. The molecule has 0 atom stereocenters. The standard InChI is InChI=1S/C21H21F3N2O2/c1-14(27)26-18-7-5-15(6-8-18)9-12-25-19(28)20(10-11-20)16-3-2-4-17(13-16)21(22,23)24/h2-8,13H,9-12H2,1H3,(H,25,28)(H,26,27). The van der Waals surface area contributed by atoms with E-state index in [2.05, 4.69) is 10.6 Å². The third-order valence-corrected chi connectivity index (χ3v) is 4.90. The highest BCUT2D eigenvalue weighted by Gasteiger charge is 2.51. The fraction of sp³-hybridized carbons (Fsp3) is 0.333. The zero-order chi connectivity index (χ0) is 20.4. The molecule has 2 N–H and O–H groups in total. The van der Waals surface area contributed by atoms with Crippen molar-refractivity contribution in [3.8, 4) is 0 Å². The van der Waals surface area contributed by atoms with Crippen LogP contribution in [0.3, 0.4) is 0 Å². The van der Waals surface area contributed by atoms with Crippen molar-refractivity contribution in [3.63, 3.8) is 0 Å². The first-order chi connectivity index (χ1) is 13.2. The van der Waals surface area contributed by atoms with Crippen molar-refractivity contribution >= 4 is 17.5 Å². The summed E-state index contributed by atoms with van der Waals surface area (Å²) in [6.45, 7) is 1.82. The van der Waals surface area contributed by atoms with E-state index in [-0.39, 0.29) is 11.8 Å². The predicted molar refractivity (Wildman–Crippen MR) is 99.8 cm³/mol. The van der Waals surface area contributed by atoms with Gasteiger partial charge in [0.1, 0.15) is 0 Å². The van der Waals surface area contributed by atoms with Gasteiger partial charge in [-0.3, -0.25) is 9.59 Å². The Hall–Kier alpha value is -2.83. The lowest BCUT2D eigenvalue weighted by atomic mass is 9.93. The van der Waals surface area contributed by atoms with Gasteiger partial charge in [0.2, 0.25) is 11.8 Å². The lowest BCUT2D eigenvalue weighted by Crippen LogP contribution is -2.36. The van der Waals surface area contributed by atoms with Crippen molar-refractivity contribution in [2.24, 2.45) is 0 Å². The average Bonchev–Trinajstić information content (AvgIpc) is 3.44. The van der Waals surface area contributed by atoms with Gasteiger partial charge in [-0.25, -0.2) is 0 Å². The van der Waals surface area contributed by atoms with Crippen LogP contribution in [0.25, 0.3) is 0 Å². The van der Waals surface area contributed by atoms with Crippen LogP contribution in [0.2, 0.25) is 0 Å². The van der Waals surface area contributed by atoms with E-state index in [1.165, 1.54) is 13.0 Å². The molecule has 2 aromatic carbocycles. The summed E-state index contributed by atoms with van der Waals surface area (Å²) in [5, 5.41) is 5.53. The zero-order valence-corrected chi connectivity index (χ0v) is 15.4. The Bertz CT molecular complexity index is 872. The van der Waals surface area contributed by atoms with Gasteiger partial charge >= 0.3 is 6.18 Å². The quantitative estimate of drug-likeness (QED) is 0.782. The molecule has 148 valence electrons. The minimum atomic E-state index is -4.42.